The quantitative estimate of drug-likeness (QED) is 0.755. The van der Waals surface area contributed by atoms with E-state index in [0.29, 0.717) is 24.6 Å². The van der Waals surface area contributed by atoms with Gasteiger partial charge in [0.1, 0.15) is 6.04 Å². The standard InChI is InChI=1S/C14H21N3O3S/c15-5-9-21-10-13(18)16-7-3-11(4-8-16)17-6-1-2-12(17)14(19)20/h11-12H,1-4,6-10H2,(H,19,20). The number of hydrogen-bond donors (Lipinski definition) is 1. The van der Waals surface area contributed by atoms with Crippen molar-refractivity contribution in [2.24, 2.45) is 0 Å². The average molecular weight is 311 g/mol. The van der Waals surface area contributed by atoms with Crippen molar-refractivity contribution in [2.75, 3.05) is 31.1 Å². The molecule has 2 rings (SSSR count). The second-order valence-electron chi connectivity index (χ2n) is 5.50. The molecule has 1 amide bonds. The predicted molar refractivity (Wildman–Crippen MR) is 79.9 cm³/mol. The smallest absolute Gasteiger partial charge is 0.320 e. The predicted octanol–water partition coefficient (Wildman–Crippen LogP) is 0.783. The van der Waals surface area contributed by atoms with Crippen LogP contribution in [0.25, 0.3) is 0 Å². The minimum atomic E-state index is -0.723. The van der Waals surface area contributed by atoms with Crippen molar-refractivity contribution >= 4 is 23.6 Å². The summed E-state index contributed by atoms with van der Waals surface area (Å²) < 4.78 is 0. The molecule has 2 fully saturated rings. The lowest BCUT2D eigenvalue weighted by Gasteiger charge is -2.38. The SMILES string of the molecule is N#CCSCC(=O)N1CCC(N2CCCC2C(=O)O)CC1. The van der Waals surface area contributed by atoms with Crippen LogP contribution in [0.3, 0.4) is 0 Å². The molecular weight excluding hydrogens is 290 g/mol. The number of hydrogen-bond acceptors (Lipinski definition) is 5. The largest absolute Gasteiger partial charge is 0.480 e. The van der Waals surface area contributed by atoms with Crippen molar-refractivity contribution in [3.8, 4) is 6.07 Å². The van der Waals surface area contributed by atoms with E-state index in [2.05, 4.69) is 4.90 Å². The third kappa shape index (κ3) is 4.11. The maximum Gasteiger partial charge on any atom is 0.320 e. The van der Waals surface area contributed by atoms with Crippen molar-refractivity contribution in [3.05, 3.63) is 0 Å². The van der Waals surface area contributed by atoms with Gasteiger partial charge in [0.15, 0.2) is 0 Å². The van der Waals surface area contributed by atoms with Crippen molar-refractivity contribution in [2.45, 2.75) is 37.8 Å². The highest BCUT2D eigenvalue weighted by Crippen LogP contribution is 2.26. The molecule has 7 heteroatoms. The van der Waals surface area contributed by atoms with E-state index in [4.69, 9.17) is 5.26 Å². The van der Waals surface area contributed by atoms with Crippen LogP contribution in [0.5, 0.6) is 0 Å². The number of nitrogens with zero attached hydrogens (tertiary/aromatic N) is 3. The summed E-state index contributed by atoms with van der Waals surface area (Å²) in [6, 6.07) is 1.95. The summed E-state index contributed by atoms with van der Waals surface area (Å²) in [5.74, 6) is 0.0690. The Kier molecular flexibility index (Phi) is 5.88. The fourth-order valence-electron chi connectivity index (χ4n) is 3.21. The highest BCUT2D eigenvalue weighted by atomic mass is 32.2. The van der Waals surface area contributed by atoms with Gasteiger partial charge in [0, 0.05) is 19.1 Å². The molecule has 0 spiro atoms. The number of carboxylic acids is 1. The molecule has 2 aliphatic heterocycles. The summed E-state index contributed by atoms with van der Waals surface area (Å²) in [4.78, 5) is 27.1. The molecular formula is C14H21N3O3S. The van der Waals surface area contributed by atoms with Crippen LogP contribution in [0, 0.1) is 11.3 Å². The van der Waals surface area contributed by atoms with Crippen LogP contribution in [-0.2, 0) is 9.59 Å². The number of carboxylic acid groups (broad SMARTS) is 1. The number of carbonyl (C=O) groups excluding carboxylic acids is 1. The number of amides is 1. The van der Waals surface area contributed by atoms with Crippen LogP contribution in [0.1, 0.15) is 25.7 Å². The Morgan fingerprint density at radius 3 is 2.57 bits per heavy atom. The molecule has 116 valence electrons. The Morgan fingerprint density at radius 2 is 1.95 bits per heavy atom. The normalized spacial score (nSPS) is 24.0. The molecule has 2 aliphatic rings. The molecule has 0 aliphatic carbocycles. The first-order valence-electron chi connectivity index (χ1n) is 7.34. The van der Waals surface area contributed by atoms with Gasteiger partial charge in [-0.3, -0.25) is 14.5 Å². The van der Waals surface area contributed by atoms with Gasteiger partial charge in [0.25, 0.3) is 0 Å². The average Bonchev–Trinajstić information content (AvgIpc) is 2.97. The fraction of sp³-hybridized carbons (Fsp3) is 0.786. The zero-order chi connectivity index (χ0) is 15.2. The number of nitriles is 1. The first kappa shape index (κ1) is 16.1. The third-order valence-corrected chi connectivity index (χ3v) is 5.04. The molecule has 0 bridgehead atoms. The van der Waals surface area contributed by atoms with Crippen LogP contribution >= 0.6 is 11.8 Å². The molecule has 0 radical (unpaired) electrons. The van der Waals surface area contributed by atoms with Crippen molar-refractivity contribution in [3.63, 3.8) is 0 Å². The summed E-state index contributed by atoms with van der Waals surface area (Å²) in [6.07, 6.45) is 3.37. The van der Waals surface area contributed by atoms with E-state index in [-0.39, 0.29) is 18.0 Å². The molecule has 2 heterocycles. The van der Waals surface area contributed by atoms with Gasteiger partial charge < -0.3 is 10.0 Å². The second kappa shape index (κ2) is 7.66. The first-order valence-corrected chi connectivity index (χ1v) is 8.50. The summed E-state index contributed by atoms with van der Waals surface area (Å²) >= 11 is 1.34. The van der Waals surface area contributed by atoms with E-state index in [0.717, 1.165) is 32.2 Å². The molecule has 0 aromatic rings. The number of thioether (sulfide) groups is 1. The Morgan fingerprint density at radius 1 is 1.24 bits per heavy atom. The van der Waals surface area contributed by atoms with Crippen LogP contribution in [0.4, 0.5) is 0 Å². The monoisotopic (exact) mass is 311 g/mol. The van der Waals surface area contributed by atoms with Crippen molar-refractivity contribution in [1.29, 1.82) is 5.26 Å². The Bertz CT molecular complexity index is 430. The molecule has 1 atom stereocenters. The van der Waals surface area contributed by atoms with Crippen LogP contribution in [0.2, 0.25) is 0 Å². The van der Waals surface area contributed by atoms with Crippen LogP contribution < -0.4 is 0 Å². The number of aliphatic carboxylic acids is 1. The lowest BCUT2D eigenvalue weighted by molar-refractivity contribution is -0.144. The number of likely N-dealkylation sites (tertiary alicyclic amines) is 2. The van der Waals surface area contributed by atoms with Crippen molar-refractivity contribution < 1.29 is 14.7 Å². The summed E-state index contributed by atoms with van der Waals surface area (Å²) in [5, 5.41) is 17.7. The fourth-order valence-corrected chi connectivity index (χ4v) is 3.76. The number of piperidine rings is 1. The molecule has 2 saturated heterocycles. The molecule has 0 aromatic carbocycles. The Labute approximate surface area is 129 Å². The lowest BCUT2D eigenvalue weighted by atomic mass is 10.0. The second-order valence-corrected chi connectivity index (χ2v) is 6.48. The third-order valence-electron chi connectivity index (χ3n) is 4.26. The van der Waals surface area contributed by atoms with Crippen molar-refractivity contribution in [1.82, 2.24) is 9.80 Å². The van der Waals surface area contributed by atoms with Gasteiger partial charge >= 0.3 is 5.97 Å². The van der Waals surface area contributed by atoms with Gasteiger partial charge in [-0.1, -0.05) is 0 Å². The van der Waals surface area contributed by atoms with Gasteiger partial charge in [-0.15, -0.1) is 11.8 Å². The Hall–Kier alpha value is -1.26. The maximum atomic E-state index is 12.0. The van der Waals surface area contributed by atoms with Gasteiger partial charge in [-0.2, -0.15) is 5.26 Å². The van der Waals surface area contributed by atoms with Gasteiger partial charge in [-0.25, -0.2) is 0 Å². The maximum absolute atomic E-state index is 12.0. The summed E-state index contributed by atoms with van der Waals surface area (Å²) in [6.45, 7) is 2.24. The van der Waals surface area contributed by atoms with Crippen LogP contribution in [-0.4, -0.2) is 70.0 Å². The zero-order valence-electron chi connectivity index (χ0n) is 12.0. The van der Waals surface area contributed by atoms with Gasteiger partial charge in [0.2, 0.25) is 5.91 Å². The summed E-state index contributed by atoms with van der Waals surface area (Å²) in [5.41, 5.74) is 0. The minimum absolute atomic E-state index is 0.0879. The van der Waals surface area contributed by atoms with E-state index >= 15 is 0 Å². The molecule has 0 saturated carbocycles. The van der Waals surface area contributed by atoms with E-state index in [1.54, 1.807) is 0 Å². The zero-order valence-corrected chi connectivity index (χ0v) is 12.8. The molecule has 1 unspecified atom stereocenters. The van der Waals surface area contributed by atoms with Gasteiger partial charge in [0.05, 0.1) is 17.6 Å². The van der Waals surface area contributed by atoms with Gasteiger partial charge in [-0.05, 0) is 32.2 Å². The van der Waals surface area contributed by atoms with Crippen LogP contribution in [0.15, 0.2) is 0 Å². The highest BCUT2D eigenvalue weighted by Gasteiger charge is 2.37. The van der Waals surface area contributed by atoms with E-state index in [9.17, 15) is 14.7 Å². The Balaban J connectivity index is 1.79. The molecule has 0 aromatic heterocycles. The number of carbonyl (C=O) groups is 2. The summed E-state index contributed by atoms with van der Waals surface area (Å²) in [7, 11) is 0. The molecule has 6 nitrogen and oxygen atoms in total. The minimum Gasteiger partial charge on any atom is -0.480 e. The van der Waals surface area contributed by atoms with E-state index in [1.165, 1.54) is 11.8 Å². The lowest BCUT2D eigenvalue weighted by Crippen LogP contribution is -2.50. The molecule has 1 N–H and O–H groups in total. The topological polar surface area (TPSA) is 84.6 Å². The molecule has 21 heavy (non-hydrogen) atoms. The highest BCUT2D eigenvalue weighted by molar-refractivity contribution is 8.00. The first-order chi connectivity index (χ1) is 10.1. The van der Waals surface area contributed by atoms with E-state index < -0.39 is 5.97 Å². The number of rotatable bonds is 5. The van der Waals surface area contributed by atoms with E-state index in [1.807, 2.05) is 11.0 Å².